The van der Waals surface area contributed by atoms with E-state index in [0.717, 1.165) is 38.5 Å². The fourth-order valence-corrected chi connectivity index (χ4v) is 2.59. The summed E-state index contributed by atoms with van der Waals surface area (Å²) in [5, 5.41) is 3.15. The zero-order chi connectivity index (χ0) is 12.2. The van der Waals surface area contributed by atoms with Crippen molar-refractivity contribution in [2.24, 2.45) is 11.7 Å². The first-order valence-electron chi connectivity index (χ1n) is 6.52. The van der Waals surface area contributed by atoms with E-state index in [1.807, 2.05) is 0 Å². The summed E-state index contributed by atoms with van der Waals surface area (Å²) in [6, 6.07) is 0.221. The molecular formula is C13H27ClN2O. The summed E-state index contributed by atoms with van der Waals surface area (Å²) in [4.78, 5) is 12.1. The molecule has 1 saturated carbocycles. The molecular weight excluding hydrogens is 236 g/mol. The second kappa shape index (κ2) is 7.22. The third-order valence-corrected chi connectivity index (χ3v) is 3.42. The second-order valence-corrected chi connectivity index (χ2v) is 5.75. The maximum Gasteiger partial charge on any atom is 0.223 e. The number of hydrogen-bond donors (Lipinski definition) is 2. The Morgan fingerprint density at radius 1 is 1.41 bits per heavy atom. The summed E-state index contributed by atoms with van der Waals surface area (Å²) in [6.45, 7) is 6.33. The fraction of sp³-hybridized carbons (Fsp3) is 0.923. The number of rotatable bonds is 4. The Hall–Kier alpha value is -0.280. The molecule has 102 valence electrons. The topological polar surface area (TPSA) is 55.1 Å². The monoisotopic (exact) mass is 262 g/mol. The Morgan fingerprint density at radius 3 is 2.59 bits per heavy atom. The zero-order valence-electron chi connectivity index (χ0n) is 11.3. The molecule has 0 saturated heterocycles. The lowest BCUT2D eigenvalue weighted by Gasteiger charge is -2.31. The molecule has 1 aliphatic rings. The van der Waals surface area contributed by atoms with Gasteiger partial charge in [0.05, 0.1) is 0 Å². The number of nitrogens with two attached hydrogens (primary N) is 1. The van der Waals surface area contributed by atoms with Crippen LogP contribution in [0.25, 0.3) is 0 Å². The van der Waals surface area contributed by atoms with E-state index < -0.39 is 0 Å². The molecule has 17 heavy (non-hydrogen) atoms. The number of amides is 1. The largest absolute Gasteiger partial charge is 0.351 e. The third kappa shape index (κ3) is 5.73. The van der Waals surface area contributed by atoms with Gasteiger partial charge in [0.25, 0.3) is 0 Å². The van der Waals surface area contributed by atoms with Gasteiger partial charge >= 0.3 is 0 Å². The predicted molar refractivity (Wildman–Crippen MR) is 74.3 cm³/mol. The summed E-state index contributed by atoms with van der Waals surface area (Å²) in [5.74, 6) is 0.341. The maximum atomic E-state index is 12.1. The summed E-state index contributed by atoms with van der Waals surface area (Å²) in [7, 11) is 0. The Morgan fingerprint density at radius 2 is 2.06 bits per heavy atom. The highest BCUT2D eigenvalue weighted by Crippen LogP contribution is 2.24. The summed E-state index contributed by atoms with van der Waals surface area (Å²) in [5.41, 5.74) is 5.83. The highest BCUT2D eigenvalue weighted by molar-refractivity contribution is 5.85. The van der Waals surface area contributed by atoms with Gasteiger partial charge in [0.15, 0.2) is 0 Å². The fourth-order valence-electron chi connectivity index (χ4n) is 2.59. The summed E-state index contributed by atoms with van der Waals surface area (Å²) < 4.78 is 0. The van der Waals surface area contributed by atoms with Gasteiger partial charge in [-0.1, -0.05) is 19.8 Å². The van der Waals surface area contributed by atoms with Gasteiger partial charge in [-0.25, -0.2) is 0 Å². The van der Waals surface area contributed by atoms with E-state index in [1.165, 1.54) is 0 Å². The molecule has 0 heterocycles. The predicted octanol–water partition coefficient (Wildman–Crippen LogP) is 2.62. The molecule has 1 rings (SSSR count). The van der Waals surface area contributed by atoms with Crippen LogP contribution in [0.5, 0.6) is 0 Å². The van der Waals surface area contributed by atoms with E-state index in [0.29, 0.717) is 0 Å². The molecule has 2 atom stereocenters. The van der Waals surface area contributed by atoms with E-state index in [2.05, 4.69) is 26.1 Å². The number of carbonyl (C=O) groups excluding carboxylic acids is 1. The molecule has 2 unspecified atom stereocenters. The lowest BCUT2D eigenvalue weighted by atomic mass is 9.85. The van der Waals surface area contributed by atoms with Crippen molar-refractivity contribution >= 4 is 18.3 Å². The molecule has 0 bridgehead atoms. The quantitative estimate of drug-likeness (QED) is 0.818. The first-order chi connectivity index (χ1) is 7.44. The van der Waals surface area contributed by atoms with Crippen LogP contribution >= 0.6 is 12.4 Å². The SMILES string of the molecule is CCCC(C)(C)NC(=O)C1CCCC(N)C1.Cl. The van der Waals surface area contributed by atoms with E-state index in [-0.39, 0.29) is 35.8 Å². The molecule has 0 spiro atoms. The van der Waals surface area contributed by atoms with Crippen molar-refractivity contribution < 1.29 is 4.79 Å². The minimum atomic E-state index is -0.0760. The highest BCUT2D eigenvalue weighted by Gasteiger charge is 2.28. The van der Waals surface area contributed by atoms with Crippen molar-refractivity contribution in [3.8, 4) is 0 Å². The Bertz CT molecular complexity index is 244. The second-order valence-electron chi connectivity index (χ2n) is 5.75. The highest BCUT2D eigenvalue weighted by atomic mass is 35.5. The molecule has 3 nitrogen and oxygen atoms in total. The standard InChI is InChI=1S/C13H26N2O.ClH/c1-4-8-13(2,3)15-12(16)10-6-5-7-11(14)9-10;/h10-11H,4-9,14H2,1-3H3,(H,15,16);1H. The molecule has 0 aliphatic heterocycles. The number of carbonyl (C=O) groups is 1. The lowest BCUT2D eigenvalue weighted by Crippen LogP contribution is -2.47. The van der Waals surface area contributed by atoms with Crippen LogP contribution in [0.3, 0.4) is 0 Å². The molecule has 3 N–H and O–H groups in total. The van der Waals surface area contributed by atoms with Gasteiger partial charge in [-0.2, -0.15) is 0 Å². The van der Waals surface area contributed by atoms with Crippen molar-refractivity contribution in [3.63, 3.8) is 0 Å². The van der Waals surface area contributed by atoms with Crippen molar-refractivity contribution in [2.45, 2.75) is 70.9 Å². The van der Waals surface area contributed by atoms with Crippen LogP contribution < -0.4 is 11.1 Å². The smallest absolute Gasteiger partial charge is 0.223 e. The van der Waals surface area contributed by atoms with Crippen LogP contribution in [-0.2, 0) is 4.79 Å². The average molecular weight is 263 g/mol. The Kier molecular flexibility index (Phi) is 7.10. The van der Waals surface area contributed by atoms with Crippen LogP contribution in [0, 0.1) is 5.92 Å². The van der Waals surface area contributed by atoms with E-state index in [4.69, 9.17) is 5.73 Å². The third-order valence-electron chi connectivity index (χ3n) is 3.42. The maximum absolute atomic E-state index is 12.1. The van der Waals surface area contributed by atoms with Gasteiger partial charge in [-0.15, -0.1) is 12.4 Å². The van der Waals surface area contributed by atoms with Crippen LogP contribution in [0.15, 0.2) is 0 Å². The van der Waals surface area contributed by atoms with E-state index in [1.54, 1.807) is 0 Å². The van der Waals surface area contributed by atoms with Crippen LogP contribution in [0.2, 0.25) is 0 Å². The number of hydrogen-bond acceptors (Lipinski definition) is 2. The van der Waals surface area contributed by atoms with E-state index >= 15 is 0 Å². The molecule has 0 aromatic carbocycles. The van der Waals surface area contributed by atoms with Gasteiger partial charge in [0, 0.05) is 17.5 Å². The van der Waals surface area contributed by atoms with Gasteiger partial charge in [-0.05, 0) is 39.5 Å². The zero-order valence-corrected chi connectivity index (χ0v) is 12.1. The first-order valence-corrected chi connectivity index (χ1v) is 6.52. The minimum absolute atomic E-state index is 0. The summed E-state index contributed by atoms with van der Waals surface area (Å²) in [6.07, 6.45) is 6.14. The molecule has 1 aliphatic carbocycles. The molecule has 1 amide bonds. The van der Waals surface area contributed by atoms with Crippen molar-refractivity contribution in [1.29, 1.82) is 0 Å². The lowest BCUT2D eigenvalue weighted by molar-refractivity contribution is -0.127. The van der Waals surface area contributed by atoms with Crippen LogP contribution in [0.1, 0.15) is 59.3 Å². The molecule has 0 radical (unpaired) electrons. The van der Waals surface area contributed by atoms with Gasteiger partial charge in [-0.3, -0.25) is 4.79 Å². The van der Waals surface area contributed by atoms with Gasteiger partial charge in [0.2, 0.25) is 5.91 Å². The molecule has 0 aromatic rings. The van der Waals surface area contributed by atoms with E-state index in [9.17, 15) is 4.79 Å². The van der Waals surface area contributed by atoms with Crippen molar-refractivity contribution in [3.05, 3.63) is 0 Å². The molecule has 0 aromatic heterocycles. The Labute approximate surface area is 111 Å². The van der Waals surface area contributed by atoms with Crippen LogP contribution in [0.4, 0.5) is 0 Å². The molecule has 1 fully saturated rings. The normalized spacial score (nSPS) is 24.9. The average Bonchev–Trinajstić information content (AvgIpc) is 2.16. The minimum Gasteiger partial charge on any atom is -0.351 e. The van der Waals surface area contributed by atoms with Crippen molar-refractivity contribution in [1.82, 2.24) is 5.32 Å². The Balaban J connectivity index is 0.00000256. The van der Waals surface area contributed by atoms with Gasteiger partial charge in [0.1, 0.15) is 0 Å². The number of halogens is 1. The summed E-state index contributed by atoms with van der Waals surface area (Å²) >= 11 is 0. The van der Waals surface area contributed by atoms with Gasteiger partial charge < -0.3 is 11.1 Å². The van der Waals surface area contributed by atoms with Crippen LogP contribution in [-0.4, -0.2) is 17.5 Å². The van der Waals surface area contributed by atoms with Crippen molar-refractivity contribution in [2.75, 3.05) is 0 Å². The first kappa shape index (κ1) is 16.7. The number of nitrogens with one attached hydrogen (secondary N) is 1. The molecule has 4 heteroatoms.